The van der Waals surface area contributed by atoms with Crippen LogP contribution in [0.4, 0.5) is 4.39 Å². The highest BCUT2D eigenvalue weighted by Crippen LogP contribution is 2.28. The van der Waals surface area contributed by atoms with Gasteiger partial charge < -0.3 is 0 Å². The predicted octanol–water partition coefficient (Wildman–Crippen LogP) is 3.68. The molecule has 0 N–H and O–H groups in total. The molecule has 2 aromatic carbocycles. The van der Waals surface area contributed by atoms with Crippen molar-refractivity contribution >= 4 is 0 Å². The quantitative estimate of drug-likeness (QED) is 0.666. The molecular weight excluding hydrogens is 227 g/mol. The lowest BCUT2D eigenvalue weighted by atomic mass is 10.0. The molecule has 0 fully saturated rings. The van der Waals surface area contributed by atoms with Gasteiger partial charge in [-0.1, -0.05) is 36.4 Å². The van der Waals surface area contributed by atoms with Gasteiger partial charge >= 0.3 is 0 Å². The summed E-state index contributed by atoms with van der Waals surface area (Å²) in [6.07, 6.45) is 3.55. The number of para-hydroxylation sites is 1. The first-order valence-corrected chi connectivity index (χ1v) is 5.70. The number of benzene rings is 2. The van der Waals surface area contributed by atoms with E-state index in [0.717, 1.165) is 11.3 Å². The van der Waals surface area contributed by atoms with Gasteiger partial charge in [0.05, 0.1) is 5.69 Å². The van der Waals surface area contributed by atoms with Gasteiger partial charge in [-0.3, -0.25) is 0 Å². The third-order valence-corrected chi connectivity index (χ3v) is 2.82. The van der Waals surface area contributed by atoms with Crippen LogP contribution in [0.25, 0.3) is 16.8 Å². The van der Waals surface area contributed by atoms with Crippen LogP contribution < -0.4 is 0 Å². The minimum atomic E-state index is -0.225. The van der Waals surface area contributed by atoms with Gasteiger partial charge in [0, 0.05) is 23.5 Å². The van der Waals surface area contributed by atoms with Crippen molar-refractivity contribution in [3.63, 3.8) is 0 Å². The van der Waals surface area contributed by atoms with Gasteiger partial charge in [-0.2, -0.15) is 5.10 Å². The molecule has 18 heavy (non-hydrogen) atoms. The smallest absolute Gasteiger partial charge is 0.131 e. The maximum absolute atomic E-state index is 13.9. The van der Waals surface area contributed by atoms with E-state index in [-0.39, 0.29) is 5.82 Å². The predicted molar refractivity (Wildman–Crippen MR) is 69.0 cm³/mol. The van der Waals surface area contributed by atoms with Crippen LogP contribution in [-0.4, -0.2) is 9.78 Å². The van der Waals surface area contributed by atoms with Gasteiger partial charge in [-0.15, -0.1) is 0 Å². The molecule has 0 radical (unpaired) electrons. The standard InChI is InChI=1S/C15H11FN2/c16-14-8-3-1-6-12(14)13-7-2-4-9-15(13)18-11-5-10-17-18/h1-11H. The average Bonchev–Trinajstić information content (AvgIpc) is 2.93. The maximum Gasteiger partial charge on any atom is 0.131 e. The third-order valence-electron chi connectivity index (χ3n) is 2.82. The second kappa shape index (κ2) is 4.45. The summed E-state index contributed by atoms with van der Waals surface area (Å²) in [5.41, 5.74) is 2.29. The van der Waals surface area contributed by atoms with Crippen LogP contribution >= 0.6 is 0 Å². The lowest BCUT2D eigenvalue weighted by molar-refractivity contribution is 0.631. The third kappa shape index (κ3) is 1.80. The summed E-state index contributed by atoms with van der Waals surface area (Å²) >= 11 is 0. The van der Waals surface area contributed by atoms with Crippen molar-refractivity contribution in [2.75, 3.05) is 0 Å². The maximum atomic E-state index is 13.9. The number of aromatic nitrogens is 2. The Bertz CT molecular complexity index is 660. The molecule has 0 amide bonds. The van der Waals surface area contributed by atoms with Gasteiger partial charge in [0.2, 0.25) is 0 Å². The molecule has 3 heteroatoms. The van der Waals surface area contributed by atoms with Crippen molar-refractivity contribution in [2.45, 2.75) is 0 Å². The van der Waals surface area contributed by atoms with Crippen LogP contribution in [0.2, 0.25) is 0 Å². The summed E-state index contributed by atoms with van der Waals surface area (Å²) < 4.78 is 15.6. The topological polar surface area (TPSA) is 17.8 Å². The van der Waals surface area contributed by atoms with Crippen LogP contribution in [0.1, 0.15) is 0 Å². The first-order valence-electron chi connectivity index (χ1n) is 5.70. The van der Waals surface area contributed by atoms with Crippen LogP contribution in [0, 0.1) is 5.82 Å². The van der Waals surface area contributed by atoms with Gasteiger partial charge in [-0.05, 0) is 18.2 Å². The van der Waals surface area contributed by atoms with Crippen molar-refractivity contribution in [2.24, 2.45) is 0 Å². The van der Waals surface area contributed by atoms with E-state index in [1.807, 2.05) is 42.6 Å². The molecular formula is C15H11FN2. The molecule has 2 nitrogen and oxygen atoms in total. The summed E-state index contributed by atoms with van der Waals surface area (Å²) in [4.78, 5) is 0. The number of hydrogen-bond acceptors (Lipinski definition) is 1. The molecule has 0 aliphatic carbocycles. The van der Waals surface area contributed by atoms with E-state index in [4.69, 9.17) is 0 Å². The highest BCUT2D eigenvalue weighted by atomic mass is 19.1. The Morgan fingerprint density at radius 3 is 2.28 bits per heavy atom. The Labute approximate surface area is 104 Å². The lowest BCUT2D eigenvalue weighted by Gasteiger charge is -2.10. The average molecular weight is 238 g/mol. The molecule has 1 aromatic heterocycles. The van der Waals surface area contributed by atoms with E-state index >= 15 is 0 Å². The van der Waals surface area contributed by atoms with E-state index in [1.54, 1.807) is 23.0 Å². The van der Waals surface area contributed by atoms with E-state index in [9.17, 15) is 4.39 Å². The number of hydrogen-bond donors (Lipinski definition) is 0. The van der Waals surface area contributed by atoms with E-state index in [1.165, 1.54) is 6.07 Å². The zero-order chi connectivity index (χ0) is 12.4. The monoisotopic (exact) mass is 238 g/mol. The zero-order valence-electron chi connectivity index (χ0n) is 9.62. The minimum absolute atomic E-state index is 0.225. The molecule has 0 saturated carbocycles. The molecule has 0 aliphatic rings. The fourth-order valence-corrected chi connectivity index (χ4v) is 1.99. The highest BCUT2D eigenvalue weighted by Gasteiger charge is 2.09. The largest absolute Gasteiger partial charge is 0.240 e. The molecule has 0 bridgehead atoms. The summed E-state index contributed by atoms with van der Waals surface area (Å²) in [6, 6.07) is 16.2. The van der Waals surface area contributed by atoms with E-state index < -0.39 is 0 Å². The van der Waals surface area contributed by atoms with Crippen molar-refractivity contribution in [3.8, 4) is 16.8 Å². The number of nitrogens with zero attached hydrogens (tertiary/aromatic N) is 2. The second-order valence-corrected chi connectivity index (χ2v) is 3.95. The van der Waals surface area contributed by atoms with Crippen LogP contribution in [0.3, 0.4) is 0 Å². The van der Waals surface area contributed by atoms with E-state index in [0.29, 0.717) is 5.56 Å². The normalized spacial score (nSPS) is 10.5. The summed E-state index contributed by atoms with van der Waals surface area (Å²) in [7, 11) is 0. The number of rotatable bonds is 2. The van der Waals surface area contributed by atoms with E-state index in [2.05, 4.69) is 5.10 Å². The van der Waals surface area contributed by atoms with Crippen LogP contribution in [0.5, 0.6) is 0 Å². The summed E-state index contributed by atoms with van der Waals surface area (Å²) in [5.74, 6) is -0.225. The summed E-state index contributed by atoms with van der Waals surface area (Å²) in [6.45, 7) is 0. The van der Waals surface area contributed by atoms with Gasteiger partial charge in [0.25, 0.3) is 0 Å². The zero-order valence-corrected chi connectivity index (χ0v) is 9.62. The molecule has 3 aromatic rings. The Morgan fingerprint density at radius 2 is 1.56 bits per heavy atom. The minimum Gasteiger partial charge on any atom is -0.240 e. The first-order chi connectivity index (χ1) is 8.86. The van der Waals surface area contributed by atoms with Crippen LogP contribution in [-0.2, 0) is 0 Å². The molecule has 0 spiro atoms. The Hall–Kier alpha value is -2.42. The first kappa shape index (κ1) is 10.7. The Balaban J connectivity index is 2.22. The Morgan fingerprint density at radius 1 is 0.833 bits per heavy atom. The molecule has 0 aliphatic heterocycles. The fourth-order valence-electron chi connectivity index (χ4n) is 1.99. The van der Waals surface area contributed by atoms with Gasteiger partial charge in [-0.25, -0.2) is 9.07 Å². The molecule has 0 saturated heterocycles. The second-order valence-electron chi connectivity index (χ2n) is 3.95. The molecule has 88 valence electrons. The highest BCUT2D eigenvalue weighted by molar-refractivity contribution is 5.73. The lowest BCUT2D eigenvalue weighted by Crippen LogP contribution is -1.97. The van der Waals surface area contributed by atoms with Crippen molar-refractivity contribution in [1.29, 1.82) is 0 Å². The fraction of sp³-hybridized carbons (Fsp3) is 0. The van der Waals surface area contributed by atoms with Crippen molar-refractivity contribution in [3.05, 3.63) is 72.8 Å². The van der Waals surface area contributed by atoms with Crippen LogP contribution in [0.15, 0.2) is 67.0 Å². The summed E-state index contributed by atoms with van der Waals surface area (Å²) in [5, 5.41) is 4.20. The molecule has 0 atom stereocenters. The molecule has 3 rings (SSSR count). The van der Waals surface area contributed by atoms with Crippen molar-refractivity contribution in [1.82, 2.24) is 9.78 Å². The van der Waals surface area contributed by atoms with Gasteiger partial charge in [0.1, 0.15) is 5.82 Å². The Kier molecular flexibility index (Phi) is 2.65. The number of halogens is 1. The molecule has 0 unspecified atom stereocenters. The van der Waals surface area contributed by atoms with Crippen molar-refractivity contribution < 1.29 is 4.39 Å². The molecule has 1 heterocycles. The van der Waals surface area contributed by atoms with Gasteiger partial charge in [0.15, 0.2) is 0 Å². The SMILES string of the molecule is Fc1ccccc1-c1ccccc1-n1cccn1.